The van der Waals surface area contributed by atoms with Crippen molar-refractivity contribution in [3.8, 4) is 10.4 Å². The Labute approximate surface area is 142 Å². The maximum absolute atomic E-state index is 5.10. The summed E-state index contributed by atoms with van der Waals surface area (Å²) in [5.74, 6) is 0. The molecule has 0 aliphatic carbocycles. The van der Waals surface area contributed by atoms with Gasteiger partial charge < -0.3 is 4.98 Å². The molecule has 22 heavy (non-hydrogen) atoms. The van der Waals surface area contributed by atoms with Crippen LogP contribution in [0.15, 0.2) is 35.2 Å². The van der Waals surface area contributed by atoms with E-state index in [2.05, 4.69) is 43.8 Å². The third-order valence-electron chi connectivity index (χ3n) is 3.90. The summed E-state index contributed by atoms with van der Waals surface area (Å²) in [6.45, 7) is 3.01. The third kappa shape index (κ3) is 2.92. The van der Waals surface area contributed by atoms with Crippen LogP contribution in [-0.2, 0) is 19.5 Å². The molecule has 0 saturated heterocycles. The molecule has 0 unspecified atom stereocenters. The maximum atomic E-state index is 5.10. The van der Waals surface area contributed by atoms with Gasteiger partial charge in [-0.3, -0.25) is 4.90 Å². The van der Waals surface area contributed by atoms with Crippen LogP contribution in [-0.4, -0.2) is 21.4 Å². The molecule has 3 aromatic heterocycles. The lowest BCUT2D eigenvalue weighted by molar-refractivity contribution is 0.245. The van der Waals surface area contributed by atoms with Crippen LogP contribution in [0, 0.1) is 4.77 Å². The van der Waals surface area contributed by atoms with E-state index in [0.717, 1.165) is 26.1 Å². The van der Waals surface area contributed by atoms with Crippen LogP contribution in [0.5, 0.6) is 0 Å². The van der Waals surface area contributed by atoms with E-state index in [1.807, 2.05) is 17.5 Å². The highest BCUT2D eigenvalue weighted by atomic mass is 32.1. The van der Waals surface area contributed by atoms with Gasteiger partial charge in [-0.05, 0) is 41.2 Å². The molecule has 0 bridgehead atoms. The molecule has 0 radical (unpaired) electrons. The molecule has 0 spiro atoms. The molecule has 0 fully saturated rings. The van der Waals surface area contributed by atoms with Gasteiger partial charge in [0.1, 0.15) is 0 Å². The van der Waals surface area contributed by atoms with Gasteiger partial charge in [-0.15, -0.1) is 11.3 Å². The van der Waals surface area contributed by atoms with Gasteiger partial charge in [0.05, 0.1) is 0 Å². The molecule has 3 aromatic rings. The fraction of sp³-hybridized carbons (Fsp3) is 0.250. The highest BCUT2D eigenvalue weighted by Gasteiger charge is 2.17. The first-order chi connectivity index (χ1) is 10.8. The van der Waals surface area contributed by atoms with Crippen molar-refractivity contribution in [3.05, 3.63) is 56.1 Å². The summed E-state index contributed by atoms with van der Waals surface area (Å²) >= 11 is 8.74. The minimum absolute atomic E-state index is 0.589. The zero-order valence-electron chi connectivity index (χ0n) is 11.9. The van der Waals surface area contributed by atoms with Crippen molar-refractivity contribution in [2.75, 3.05) is 6.54 Å². The first kappa shape index (κ1) is 14.3. The van der Waals surface area contributed by atoms with Crippen molar-refractivity contribution in [2.24, 2.45) is 0 Å². The van der Waals surface area contributed by atoms with Crippen LogP contribution in [0.25, 0.3) is 10.4 Å². The Morgan fingerprint density at radius 2 is 2.27 bits per heavy atom. The van der Waals surface area contributed by atoms with Crippen LogP contribution in [0.3, 0.4) is 0 Å². The fourth-order valence-corrected chi connectivity index (χ4v) is 4.74. The lowest BCUT2D eigenvalue weighted by Gasteiger charge is -2.27. The maximum Gasteiger partial charge on any atom is 0.196 e. The Morgan fingerprint density at radius 1 is 1.32 bits per heavy atom. The van der Waals surface area contributed by atoms with E-state index < -0.39 is 0 Å². The van der Waals surface area contributed by atoms with E-state index in [9.17, 15) is 0 Å². The molecule has 0 atom stereocenters. The molecule has 1 aliphatic heterocycles. The number of fused-ring (bicyclic) bond motifs is 1. The summed E-state index contributed by atoms with van der Waals surface area (Å²) in [5, 5.41) is 4.34. The molecular formula is C16H15N3S3. The van der Waals surface area contributed by atoms with E-state index in [-0.39, 0.29) is 0 Å². The van der Waals surface area contributed by atoms with E-state index in [1.165, 1.54) is 26.6 Å². The molecular weight excluding hydrogens is 330 g/mol. The van der Waals surface area contributed by atoms with E-state index in [4.69, 9.17) is 12.2 Å². The van der Waals surface area contributed by atoms with Gasteiger partial charge in [0, 0.05) is 58.8 Å². The highest BCUT2D eigenvalue weighted by molar-refractivity contribution is 7.71. The van der Waals surface area contributed by atoms with E-state index in [0.29, 0.717) is 4.77 Å². The number of hydrogen-bond acceptors (Lipinski definition) is 5. The highest BCUT2D eigenvalue weighted by Crippen LogP contribution is 2.31. The summed E-state index contributed by atoms with van der Waals surface area (Å²) in [5.41, 5.74) is 3.86. The molecule has 1 aliphatic rings. The normalized spacial score (nSPS) is 14.9. The zero-order valence-corrected chi connectivity index (χ0v) is 14.4. The van der Waals surface area contributed by atoms with Gasteiger partial charge in [0.25, 0.3) is 0 Å². The summed E-state index contributed by atoms with van der Waals surface area (Å²) in [7, 11) is 0. The molecule has 112 valence electrons. The molecule has 0 aromatic carbocycles. The van der Waals surface area contributed by atoms with Crippen molar-refractivity contribution in [3.63, 3.8) is 0 Å². The number of nitrogens with zero attached hydrogens (tertiary/aromatic N) is 2. The molecule has 6 heteroatoms. The summed E-state index contributed by atoms with van der Waals surface area (Å²) in [6, 6.07) is 6.67. The number of hydrogen-bond donors (Lipinski definition) is 1. The van der Waals surface area contributed by atoms with Crippen molar-refractivity contribution >= 4 is 34.9 Å². The number of thiophene rings is 2. The molecule has 4 rings (SSSR count). The summed E-state index contributed by atoms with van der Waals surface area (Å²) in [4.78, 5) is 12.7. The zero-order chi connectivity index (χ0) is 14.9. The quantitative estimate of drug-likeness (QED) is 0.710. The van der Waals surface area contributed by atoms with Gasteiger partial charge in [-0.1, -0.05) is 0 Å². The van der Waals surface area contributed by atoms with Gasteiger partial charge in [0.2, 0.25) is 0 Å². The second kappa shape index (κ2) is 6.04. The number of H-pyrrole nitrogens is 1. The van der Waals surface area contributed by atoms with Crippen LogP contribution >= 0.6 is 34.9 Å². The van der Waals surface area contributed by atoms with Crippen LogP contribution in [0.1, 0.15) is 16.1 Å². The van der Waals surface area contributed by atoms with E-state index >= 15 is 0 Å². The minimum Gasteiger partial charge on any atom is -0.334 e. The Balaban J connectivity index is 1.48. The summed E-state index contributed by atoms with van der Waals surface area (Å²) < 4.78 is 0.589. The van der Waals surface area contributed by atoms with Gasteiger partial charge in [0.15, 0.2) is 4.77 Å². The fourth-order valence-electron chi connectivity index (χ4n) is 2.78. The van der Waals surface area contributed by atoms with Crippen LogP contribution in [0.2, 0.25) is 0 Å². The number of aromatic nitrogens is 2. The predicted octanol–water partition coefficient (Wildman–Crippen LogP) is 4.49. The predicted molar refractivity (Wildman–Crippen MR) is 94.9 cm³/mol. The van der Waals surface area contributed by atoms with Gasteiger partial charge in [-0.25, -0.2) is 4.98 Å². The number of aromatic amines is 1. The Bertz CT molecular complexity index is 832. The van der Waals surface area contributed by atoms with E-state index in [1.54, 1.807) is 11.3 Å². The lowest BCUT2D eigenvalue weighted by atomic mass is 10.1. The van der Waals surface area contributed by atoms with Crippen molar-refractivity contribution in [1.29, 1.82) is 0 Å². The molecule has 3 nitrogen and oxygen atoms in total. The smallest absolute Gasteiger partial charge is 0.196 e. The molecule has 0 amide bonds. The lowest BCUT2D eigenvalue weighted by Crippen LogP contribution is -2.30. The Hall–Kier alpha value is -1.34. The van der Waals surface area contributed by atoms with Crippen molar-refractivity contribution < 1.29 is 0 Å². The second-order valence-corrected chi connectivity index (χ2v) is 7.77. The van der Waals surface area contributed by atoms with Gasteiger partial charge in [-0.2, -0.15) is 11.3 Å². The third-order valence-corrected chi connectivity index (χ3v) is 5.91. The second-order valence-electron chi connectivity index (χ2n) is 5.43. The monoisotopic (exact) mass is 345 g/mol. The van der Waals surface area contributed by atoms with Crippen molar-refractivity contribution in [2.45, 2.75) is 19.5 Å². The Kier molecular flexibility index (Phi) is 3.92. The number of rotatable bonds is 3. The minimum atomic E-state index is 0.589. The first-order valence-electron chi connectivity index (χ1n) is 7.18. The Morgan fingerprint density at radius 3 is 3.14 bits per heavy atom. The van der Waals surface area contributed by atoms with Crippen LogP contribution in [0.4, 0.5) is 0 Å². The molecule has 0 saturated carbocycles. The first-order valence-corrected chi connectivity index (χ1v) is 9.35. The van der Waals surface area contributed by atoms with Crippen LogP contribution < -0.4 is 0 Å². The SMILES string of the molecule is S=c1ncc2c([nH]1)CCN(Cc1ccc(-c3ccsc3)s1)C2. The topological polar surface area (TPSA) is 31.9 Å². The summed E-state index contributed by atoms with van der Waals surface area (Å²) in [6.07, 6.45) is 2.94. The largest absolute Gasteiger partial charge is 0.334 e. The average Bonchev–Trinajstić information content (AvgIpc) is 3.18. The average molecular weight is 346 g/mol. The van der Waals surface area contributed by atoms with Gasteiger partial charge >= 0.3 is 0 Å². The molecule has 1 N–H and O–H groups in total. The van der Waals surface area contributed by atoms with Crippen molar-refractivity contribution in [1.82, 2.24) is 14.9 Å². The standard InChI is InChI=1S/C16H15N3S3/c20-16-17-7-12-8-19(5-3-14(12)18-16)9-13-1-2-15(22-13)11-4-6-21-10-11/h1-2,4,6-7,10H,3,5,8-9H2,(H,17,18,20). The number of nitrogens with one attached hydrogen (secondary N) is 1. The molecule has 4 heterocycles.